The van der Waals surface area contributed by atoms with Crippen molar-refractivity contribution in [3.63, 3.8) is 0 Å². The highest BCUT2D eigenvalue weighted by Crippen LogP contribution is 2.32. The highest BCUT2D eigenvalue weighted by atomic mass is 32.2. The van der Waals surface area contributed by atoms with Crippen LogP contribution in [-0.4, -0.2) is 59.1 Å². The monoisotopic (exact) mass is 398 g/mol. The average Bonchev–Trinajstić information content (AvgIpc) is 2.68. The van der Waals surface area contributed by atoms with Crippen LogP contribution in [0.2, 0.25) is 0 Å². The quantitative estimate of drug-likeness (QED) is 0.642. The summed E-state index contributed by atoms with van der Waals surface area (Å²) in [6, 6.07) is 6.46. The number of carbonyl (C=O) groups is 1. The van der Waals surface area contributed by atoms with Crippen molar-refractivity contribution in [2.24, 2.45) is 11.8 Å². The van der Waals surface area contributed by atoms with Crippen LogP contribution in [-0.2, 0) is 19.6 Å². The lowest BCUT2D eigenvalue weighted by molar-refractivity contribution is -0.123. The summed E-state index contributed by atoms with van der Waals surface area (Å²) in [7, 11) is -0.396. The molecule has 0 aromatic heterocycles. The van der Waals surface area contributed by atoms with E-state index < -0.39 is 10.0 Å². The van der Waals surface area contributed by atoms with Crippen molar-refractivity contribution >= 4 is 15.9 Å². The molecule has 0 bridgehead atoms. The predicted octanol–water partition coefficient (Wildman–Crippen LogP) is 1.88. The fourth-order valence-corrected chi connectivity index (χ4v) is 5.01. The van der Waals surface area contributed by atoms with E-state index in [9.17, 15) is 13.2 Å². The van der Waals surface area contributed by atoms with E-state index >= 15 is 0 Å². The second-order valence-corrected chi connectivity index (χ2v) is 8.74. The zero-order chi connectivity index (χ0) is 19.9. The molecule has 8 heteroatoms. The number of hydrogen-bond acceptors (Lipinski definition) is 5. The lowest BCUT2D eigenvalue weighted by Gasteiger charge is -2.37. The molecule has 1 fully saturated rings. The number of rotatable bonds is 9. The molecule has 7 nitrogen and oxygen atoms in total. The molecule has 0 saturated carbocycles. The van der Waals surface area contributed by atoms with Crippen LogP contribution in [0.1, 0.15) is 26.2 Å². The smallest absolute Gasteiger partial charge is 0.243 e. The number of hydrogen-bond donors (Lipinski definition) is 1. The summed E-state index contributed by atoms with van der Waals surface area (Å²) in [4.78, 5) is 12.4. The fraction of sp³-hybridized carbons (Fsp3) is 0.632. The molecule has 0 aliphatic carbocycles. The van der Waals surface area contributed by atoms with Gasteiger partial charge in [-0.05, 0) is 42.5 Å². The SMILES string of the molecule is CC[C@H]1CN(S(=O)(=O)c2ccc(OC)cc2)CC[C@H]1CC(=O)NCCOC. The first-order chi connectivity index (χ1) is 12.9. The number of ether oxygens (including phenoxy) is 2. The van der Waals surface area contributed by atoms with Gasteiger partial charge in [0.2, 0.25) is 15.9 Å². The van der Waals surface area contributed by atoms with Crippen LogP contribution in [0.15, 0.2) is 29.2 Å². The summed E-state index contributed by atoms with van der Waals surface area (Å²) in [6.07, 6.45) is 1.95. The number of carbonyl (C=O) groups excluding carboxylic acids is 1. The van der Waals surface area contributed by atoms with E-state index in [1.54, 1.807) is 42.8 Å². The normalized spacial score (nSPS) is 21.0. The van der Waals surface area contributed by atoms with Gasteiger partial charge in [0.25, 0.3) is 0 Å². The number of amides is 1. The number of methoxy groups -OCH3 is 2. The molecule has 1 amide bonds. The van der Waals surface area contributed by atoms with Crippen molar-refractivity contribution in [3.8, 4) is 5.75 Å². The van der Waals surface area contributed by atoms with E-state index in [1.165, 1.54) is 0 Å². The molecule has 1 heterocycles. The van der Waals surface area contributed by atoms with Gasteiger partial charge in [0.15, 0.2) is 0 Å². The molecule has 0 radical (unpaired) electrons. The molecule has 1 aromatic rings. The van der Waals surface area contributed by atoms with Crippen LogP contribution in [0, 0.1) is 11.8 Å². The lowest BCUT2D eigenvalue weighted by Crippen LogP contribution is -2.44. The Hall–Kier alpha value is -1.64. The Kier molecular flexibility index (Phi) is 8.07. The van der Waals surface area contributed by atoms with E-state index in [1.807, 2.05) is 6.92 Å². The van der Waals surface area contributed by atoms with Gasteiger partial charge in [-0.2, -0.15) is 4.31 Å². The molecular formula is C19H30N2O5S. The maximum Gasteiger partial charge on any atom is 0.243 e. The first-order valence-electron chi connectivity index (χ1n) is 9.32. The zero-order valence-electron chi connectivity index (χ0n) is 16.3. The molecule has 27 heavy (non-hydrogen) atoms. The first kappa shape index (κ1) is 21.7. The summed E-state index contributed by atoms with van der Waals surface area (Å²) in [5.41, 5.74) is 0. The molecule has 1 aliphatic heterocycles. The highest BCUT2D eigenvalue weighted by Gasteiger charge is 2.35. The van der Waals surface area contributed by atoms with Crippen LogP contribution >= 0.6 is 0 Å². The molecular weight excluding hydrogens is 368 g/mol. The molecule has 152 valence electrons. The van der Waals surface area contributed by atoms with Crippen LogP contribution in [0.3, 0.4) is 0 Å². The molecule has 1 saturated heterocycles. The van der Waals surface area contributed by atoms with E-state index in [4.69, 9.17) is 9.47 Å². The Morgan fingerprint density at radius 3 is 2.52 bits per heavy atom. The number of sulfonamides is 1. The Morgan fingerprint density at radius 2 is 1.93 bits per heavy atom. The van der Waals surface area contributed by atoms with Gasteiger partial charge in [0, 0.05) is 33.2 Å². The van der Waals surface area contributed by atoms with Gasteiger partial charge in [0.05, 0.1) is 18.6 Å². The van der Waals surface area contributed by atoms with Gasteiger partial charge in [-0.1, -0.05) is 13.3 Å². The maximum atomic E-state index is 12.9. The van der Waals surface area contributed by atoms with Gasteiger partial charge >= 0.3 is 0 Å². The minimum Gasteiger partial charge on any atom is -0.497 e. The van der Waals surface area contributed by atoms with Crippen molar-refractivity contribution in [2.45, 2.75) is 31.1 Å². The molecule has 2 atom stereocenters. The lowest BCUT2D eigenvalue weighted by atomic mass is 9.82. The zero-order valence-corrected chi connectivity index (χ0v) is 17.1. The summed E-state index contributed by atoms with van der Waals surface area (Å²) in [5.74, 6) is 0.986. The van der Waals surface area contributed by atoms with Gasteiger partial charge in [-0.25, -0.2) is 8.42 Å². The maximum absolute atomic E-state index is 12.9. The van der Waals surface area contributed by atoms with Gasteiger partial charge in [-0.15, -0.1) is 0 Å². The van der Waals surface area contributed by atoms with Crippen molar-refractivity contribution in [1.82, 2.24) is 9.62 Å². The third-order valence-electron chi connectivity index (χ3n) is 5.15. The number of nitrogens with one attached hydrogen (secondary N) is 1. The number of benzene rings is 1. The largest absolute Gasteiger partial charge is 0.497 e. The Morgan fingerprint density at radius 1 is 1.22 bits per heavy atom. The van der Waals surface area contributed by atoms with Gasteiger partial charge in [0.1, 0.15) is 5.75 Å². The molecule has 2 rings (SSSR count). The first-order valence-corrected chi connectivity index (χ1v) is 10.8. The van der Waals surface area contributed by atoms with Crippen molar-refractivity contribution < 1.29 is 22.7 Å². The van der Waals surface area contributed by atoms with Crippen LogP contribution in [0.5, 0.6) is 5.75 Å². The minimum atomic E-state index is -3.54. The van der Waals surface area contributed by atoms with Crippen LogP contribution in [0.25, 0.3) is 0 Å². The van der Waals surface area contributed by atoms with E-state index in [2.05, 4.69) is 5.32 Å². The van der Waals surface area contributed by atoms with Crippen LogP contribution in [0.4, 0.5) is 0 Å². The number of nitrogens with zero attached hydrogens (tertiary/aromatic N) is 1. The topological polar surface area (TPSA) is 84.9 Å². The molecule has 1 aliphatic rings. The van der Waals surface area contributed by atoms with Crippen molar-refractivity contribution in [1.29, 1.82) is 0 Å². The van der Waals surface area contributed by atoms with Crippen LogP contribution < -0.4 is 10.1 Å². The molecule has 1 N–H and O–H groups in total. The van der Waals surface area contributed by atoms with Crippen molar-refractivity contribution in [2.75, 3.05) is 40.5 Å². The Labute approximate surface area is 162 Å². The number of piperidine rings is 1. The van der Waals surface area contributed by atoms with E-state index in [0.29, 0.717) is 44.8 Å². The molecule has 1 aromatic carbocycles. The van der Waals surface area contributed by atoms with E-state index in [-0.39, 0.29) is 22.6 Å². The summed E-state index contributed by atoms with van der Waals surface area (Å²) in [6.45, 7) is 3.91. The highest BCUT2D eigenvalue weighted by molar-refractivity contribution is 7.89. The standard InChI is InChI=1S/C19H30N2O5S/c1-4-15-14-21(11-9-16(15)13-19(22)20-10-12-25-2)27(23,24)18-7-5-17(26-3)6-8-18/h5-8,15-16H,4,9-14H2,1-3H3,(H,20,22)/t15-,16-/m0/s1. The van der Waals surface area contributed by atoms with Gasteiger partial charge < -0.3 is 14.8 Å². The van der Waals surface area contributed by atoms with Crippen molar-refractivity contribution in [3.05, 3.63) is 24.3 Å². The second-order valence-electron chi connectivity index (χ2n) is 6.80. The Balaban J connectivity index is 2.00. The summed E-state index contributed by atoms with van der Waals surface area (Å²) in [5, 5.41) is 2.85. The molecule has 0 unspecified atom stereocenters. The fourth-order valence-electron chi connectivity index (χ4n) is 3.50. The second kappa shape index (κ2) is 10.1. The van der Waals surface area contributed by atoms with Gasteiger partial charge in [-0.3, -0.25) is 4.79 Å². The third kappa shape index (κ3) is 5.67. The predicted molar refractivity (Wildman–Crippen MR) is 103 cm³/mol. The summed E-state index contributed by atoms with van der Waals surface area (Å²) >= 11 is 0. The summed E-state index contributed by atoms with van der Waals surface area (Å²) < 4.78 is 37.5. The van der Waals surface area contributed by atoms with E-state index in [0.717, 1.165) is 6.42 Å². The third-order valence-corrected chi connectivity index (χ3v) is 7.03. The minimum absolute atomic E-state index is 0.00182. The average molecular weight is 399 g/mol. The Bertz CT molecular complexity index is 705. The molecule has 0 spiro atoms.